The predicted octanol–water partition coefficient (Wildman–Crippen LogP) is 2.19. The number of amides is 3. The molecule has 1 aliphatic rings. The number of nitrogens with zero attached hydrogens (tertiary/aromatic N) is 2. The Morgan fingerprint density at radius 3 is 2.55 bits per heavy atom. The second kappa shape index (κ2) is 4.86. The van der Waals surface area contributed by atoms with Crippen LogP contribution in [0.4, 0.5) is 10.5 Å². The maximum Gasteiger partial charge on any atom is 0.325 e. The molecule has 0 spiro atoms. The lowest BCUT2D eigenvalue weighted by molar-refractivity contribution is -0.385. The van der Waals surface area contributed by atoms with E-state index < -0.39 is 16.5 Å². The highest BCUT2D eigenvalue weighted by Gasteiger charge is 2.44. The number of hydrogen-bond acceptors (Lipinski definition) is 4. The summed E-state index contributed by atoms with van der Waals surface area (Å²) in [6.07, 6.45) is 0. The molecule has 0 atom stereocenters. The molecule has 0 aromatic heterocycles. The molecule has 7 nitrogen and oxygen atoms in total. The lowest BCUT2D eigenvalue weighted by atomic mass is 10.1. The van der Waals surface area contributed by atoms with E-state index in [0.717, 1.165) is 4.90 Å². The Kier molecular flexibility index (Phi) is 3.51. The van der Waals surface area contributed by atoms with Gasteiger partial charge in [0.2, 0.25) is 0 Å². The topological polar surface area (TPSA) is 92.6 Å². The molecule has 1 fully saturated rings. The van der Waals surface area contributed by atoms with Crippen molar-refractivity contribution in [3.05, 3.63) is 38.3 Å². The minimum atomic E-state index is -0.946. The van der Waals surface area contributed by atoms with Crippen molar-refractivity contribution in [2.45, 2.75) is 25.9 Å². The Balaban J connectivity index is 2.27. The molecule has 106 valence electrons. The van der Waals surface area contributed by atoms with Crippen molar-refractivity contribution in [3.8, 4) is 0 Å². The third kappa shape index (κ3) is 2.51. The van der Waals surface area contributed by atoms with Crippen LogP contribution in [0.15, 0.2) is 22.7 Å². The molecule has 1 aromatic rings. The standard InChI is InChI=1S/C12H12BrN3O4/c1-12(2)10(17)15(11(18)14-12)6-7-3-4-8(13)9(5-7)16(19)20/h3-5H,6H2,1-2H3,(H,14,18). The molecular weight excluding hydrogens is 330 g/mol. The van der Waals surface area contributed by atoms with Gasteiger partial charge in [-0.1, -0.05) is 6.07 Å². The summed E-state index contributed by atoms with van der Waals surface area (Å²) < 4.78 is 0.351. The van der Waals surface area contributed by atoms with Crippen LogP contribution in [-0.4, -0.2) is 27.3 Å². The summed E-state index contributed by atoms with van der Waals surface area (Å²) in [4.78, 5) is 35.2. The van der Waals surface area contributed by atoms with Crippen molar-refractivity contribution in [1.29, 1.82) is 0 Å². The van der Waals surface area contributed by atoms with Crippen molar-refractivity contribution < 1.29 is 14.5 Å². The molecule has 1 N–H and O–H groups in total. The Labute approximate surface area is 123 Å². The van der Waals surface area contributed by atoms with E-state index in [-0.39, 0.29) is 18.1 Å². The van der Waals surface area contributed by atoms with Gasteiger partial charge >= 0.3 is 6.03 Å². The van der Waals surface area contributed by atoms with Crippen LogP contribution in [0.3, 0.4) is 0 Å². The number of rotatable bonds is 3. The number of hydrogen-bond donors (Lipinski definition) is 1. The summed E-state index contributed by atoms with van der Waals surface area (Å²) in [6, 6.07) is 4.00. The number of halogens is 1. The number of nitrogens with one attached hydrogen (secondary N) is 1. The first-order valence-electron chi connectivity index (χ1n) is 5.79. The van der Waals surface area contributed by atoms with E-state index in [2.05, 4.69) is 21.2 Å². The highest BCUT2D eigenvalue weighted by Crippen LogP contribution is 2.27. The van der Waals surface area contributed by atoms with Crippen LogP contribution in [0.25, 0.3) is 0 Å². The summed E-state index contributed by atoms with van der Waals surface area (Å²) in [5.74, 6) is -0.354. The SMILES string of the molecule is CC1(C)NC(=O)N(Cc2ccc(Br)c([N+](=O)[O-])c2)C1=O. The average Bonchev–Trinajstić information content (AvgIpc) is 2.53. The van der Waals surface area contributed by atoms with Crippen molar-refractivity contribution in [1.82, 2.24) is 10.2 Å². The second-order valence-electron chi connectivity index (χ2n) is 4.99. The van der Waals surface area contributed by atoms with E-state index in [1.54, 1.807) is 19.9 Å². The fourth-order valence-corrected chi connectivity index (χ4v) is 2.33. The Bertz CT molecular complexity index is 615. The zero-order chi connectivity index (χ0) is 15.1. The number of urea groups is 1. The van der Waals surface area contributed by atoms with Gasteiger partial charge < -0.3 is 5.32 Å². The molecule has 1 aliphatic heterocycles. The number of benzene rings is 1. The third-order valence-electron chi connectivity index (χ3n) is 2.99. The van der Waals surface area contributed by atoms with Gasteiger partial charge in [-0.15, -0.1) is 0 Å². The molecule has 0 saturated carbocycles. The van der Waals surface area contributed by atoms with Crippen molar-refractivity contribution in [2.24, 2.45) is 0 Å². The van der Waals surface area contributed by atoms with Crippen LogP contribution in [0.2, 0.25) is 0 Å². The van der Waals surface area contributed by atoms with E-state index in [1.807, 2.05) is 0 Å². The lowest BCUT2D eigenvalue weighted by Gasteiger charge is -2.16. The van der Waals surface area contributed by atoms with Crippen LogP contribution in [-0.2, 0) is 11.3 Å². The Hall–Kier alpha value is -1.96. The summed E-state index contributed by atoms with van der Waals surface area (Å²) in [5.41, 5.74) is -0.534. The molecule has 8 heteroatoms. The molecule has 0 aliphatic carbocycles. The maximum atomic E-state index is 12.0. The van der Waals surface area contributed by atoms with Gasteiger partial charge in [0, 0.05) is 6.07 Å². The van der Waals surface area contributed by atoms with Gasteiger partial charge in [-0.2, -0.15) is 0 Å². The summed E-state index contributed by atoms with van der Waals surface area (Å²) in [6.45, 7) is 3.22. The summed E-state index contributed by atoms with van der Waals surface area (Å²) >= 11 is 3.08. The quantitative estimate of drug-likeness (QED) is 0.518. The smallest absolute Gasteiger partial charge is 0.324 e. The predicted molar refractivity (Wildman–Crippen MR) is 74.0 cm³/mol. The first-order valence-corrected chi connectivity index (χ1v) is 6.58. The van der Waals surface area contributed by atoms with Gasteiger partial charge in [-0.25, -0.2) is 4.79 Å². The molecule has 0 radical (unpaired) electrons. The van der Waals surface area contributed by atoms with Gasteiger partial charge in [0.1, 0.15) is 5.54 Å². The van der Waals surface area contributed by atoms with E-state index in [0.29, 0.717) is 10.0 Å². The van der Waals surface area contributed by atoms with Crippen LogP contribution in [0.1, 0.15) is 19.4 Å². The highest BCUT2D eigenvalue weighted by molar-refractivity contribution is 9.10. The zero-order valence-corrected chi connectivity index (χ0v) is 12.4. The number of carbonyl (C=O) groups excluding carboxylic acids is 2. The van der Waals surface area contributed by atoms with Gasteiger partial charge in [0.05, 0.1) is 15.9 Å². The van der Waals surface area contributed by atoms with E-state index >= 15 is 0 Å². The first-order chi connectivity index (χ1) is 9.22. The largest absolute Gasteiger partial charge is 0.325 e. The second-order valence-corrected chi connectivity index (χ2v) is 5.84. The average molecular weight is 342 g/mol. The highest BCUT2D eigenvalue weighted by atomic mass is 79.9. The fourth-order valence-electron chi connectivity index (χ4n) is 1.94. The molecule has 1 saturated heterocycles. The van der Waals surface area contributed by atoms with Crippen molar-refractivity contribution >= 4 is 33.6 Å². The number of nitro benzene ring substituents is 1. The van der Waals surface area contributed by atoms with Gasteiger partial charge in [-0.05, 0) is 41.4 Å². The van der Waals surface area contributed by atoms with Crippen LogP contribution >= 0.6 is 15.9 Å². The number of imide groups is 1. The van der Waals surface area contributed by atoms with Gasteiger partial charge in [-0.3, -0.25) is 19.8 Å². The molecular formula is C12H12BrN3O4. The van der Waals surface area contributed by atoms with E-state index in [1.165, 1.54) is 12.1 Å². The van der Waals surface area contributed by atoms with Gasteiger partial charge in [0.15, 0.2) is 0 Å². The first kappa shape index (κ1) is 14.4. The molecule has 3 amide bonds. The van der Waals surface area contributed by atoms with E-state index in [9.17, 15) is 19.7 Å². The molecule has 1 heterocycles. The molecule has 2 rings (SSSR count). The maximum absolute atomic E-state index is 12.0. The molecule has 20 heavy (non-hydrogen) atoms. The van der Waals surface area contributed by atoms with E-state index in [4.69, 9.17) is 0 Å². The minimum absolute atomic E-state index is 0.00220. The normalized spacial score (nSPS) is 17.2. The van der Waals surface area contributed by atoms with Crippen molar-refractivity contribution in [3.63, 3.8) is 0 Å². The molecule has 0 unspecified atom stereocenters. The number of nitro groups is 1. The Morgan fingerprint density at radius 1 is 1.40 bits per heavy atom. The fraction of sp³-hybridized carbons (Fsp3) is 0.333. The van der Waals surface area contributed by atoms with Gasteiger partial charge in [0.25, 0.3) is 11.6 Å². The zero-order valence-electron chi connectivity index (χ0n) is 10.8. The van der Waals surface area contributed by atoms with Crippen molar-refractivity contribution in [2.75, 3.05) is 0 Å². The minimum Gasteiger partial charge on any atom is -0.324 e. The van der Waals surface area contributed by atoms with Crippen LogP contribution < -0.4 is 5.32 Å². The third-order valence-corrected chi connectivity index (χ3v) is 3.66. The molecule has 0 bridgehead atoms. The molecule has 1 aromatic carbocycles. The van der Waals surface area contributed by atoms with Crippen LogP contribution in [0, 0.1) is 10.1 Å². The monoisotopic (exact) mass is 341 g/mol. The van der Waals surface area contributed by atoms with Crippen LogP contribution in [0.5, 0.6) is 0 Å². The summed E-state index contributed by atoms with van der Waals surface area (Å²) in [5, 5.41) is 13.4. The Morgan fingerprint density at radius 2 is 2.05 bits per heavy atom. The lowest BCUT2D eigenvalue weighted by Crippen LogP contribution is -2.40. The summed E-state index contributed by atoms with van der Waals surface area (Å²) in [7, 11) is 0. The number of carbonyl (C=O) groups is 2.